The van der Waals surface area contributed by atoms with Crippen molar-refractivity contribution in [3.8, 4) is 0 Å². The highest BCUT2D eigenvalue weighted by Gasteiger charge is 2.46. The Labute approximate surface area is 225 Å². The number of carbonyl (C=O) groups is 1. The van der Waals surface area contributed by atoms with Gasteiger partial charge in [-0.3, -0.25) is 9.78 Å². The zero-order valence-electron chi connectivity index (χ0n) is 21.4. The van der Waals surface area contributed by atoms with E-state index in [1.54, 1.807) is 0 Å². The topological polar surface area (TPSA) is 59.4 Å². The second kappa shape index (κ2) is 10.9. The Balaban J connectivity index is 0.00000304. The summed E-state index contributed by atoms with van der Waals surface area (Å²) in [5, 5.41) is 12.7. The number of aliphatic carboxylic acids is 1. The first kappa shape index (κ1) is 27.2. The van der Waals surface area contributed by atoms with Gasteiger partial charge in [-0.1, -0.05) is 50.0 Å². The predicted molar refractivity (Wildman–Crippen MR) is 153 cm³/mol. The van der Waals surface area contributed by atoms with Crippen LogP contribution in [0.4, 0.5) is 0 Å². The lowest BCUT2D eigenvalue weighted by atomic mass is 9.86. The van der Waals surface area contributed by atoms with Crippen molar-refractivity contribution in [1.82, 2.24) is 4.98 Å². The fraction of sp³-hybridized carbons (Fsp3) is 0.448. The van der Waals surface area contributed by atoms with Crippen molar-refractivity contribution in [3.05, 3.63) is 71.0 Å². The summed E-state index contributed by atoms with van der Waals surface area (Å²) in [6.07, 6.45) is 5.48. The minimum atomic E-state index is -1.23. The number of carboxylic acids is 1. The molecule has 0 saturated heterocycles. The van der Waals surface area contributed by atoms with Crippen LogP contribution >= 0.6 is 24.2 Å². The van der Waals surface area contributed by atoms with Crippen molar-refractivity contribution in [3.63, 3.8) is 0 Å². The first-order valence-corrected chi connectivity index (χ1v) is 17.4. The van der Waals surface area contributed by atoms with Crippen LogP contribution < -0.4 is 0 Å². The van der Waals surface area contributed by atoms with Crippen molar-refractivity contribution >= 4 is 49.0 Å². The third-order valence-electron chi connectivity index (χ3n) is 7.29. The Kier molecular flexibility index (Phi) is 8.20. The molecule has 0 radical (unpaired) electrons. The van der Waals surface area contributed by atoms with Gasteiger partial charge in [0.2, 0.25) is 0 Å². The summed E-state index contributed by atoms with van der Waals surface area (Å²) in [6.45, 7) is 7.88. The fourth-order valence-corrected chi connectivity index (χ4v) is 6.92. The van der Waals surface area contributed by atoms with Gasteiger partial charge in [0.1, 0.15) is 0 Å². The second-order valence-electron chi connectivity index (χ2n) is 11.5. The third kappa shape index (κ3) is 5.99. The van der Waals surface area contributed by atoms with Gasteiger partial charge in [-0.2, -0.15) is 0 Å². The lowest BCUT2D eigenvalue weighted by Crippen LogP contribution is -2.37. The molecule has 2 aliphatic carbocycles. The Hall–Kier alpha value is -1.86. The molecule has 1 fully saturated rings. The van der Waals surface area contributed by atoms with Crippen molar-refractivity contribution in [2.75, 3.05) is 13.2 Å². The van der Waals surface area contributed by atoms with Crippen molar-refractivity contribution in [2.45, 2.75) is 67.9 Å². The molecule has 1 unspecified atom stereocenters. The van der Waals surface area contributed by atoms with E-state index < -0.39 is 19.5 Å². The van der Waals surface area contributed by atoms with Gasteiger partial charge in [0, 0.05) is 48.5 Å². The zero-order chi connectivity index (χ0) is 24.6. The van der Waals surface area contributed by atoms with Gasteiger partial charge < -0.3 is 9.84 Å². The minimum absolute atomic E-state index is 0. The zero-order valence-corrected chi connectivity index (χ0v) is 24.0. The molecule has 5 rings (SSSR count). The van der Waals surface area contributed by atoms with Crippen LogP contribution in [0.3, 0.4) is 0 Å². The number of rotatable bonds is 10. The lowest BCUT2D eigenvalue weighted by Gasteiger charge is -2.25. The van der Waals surface area contributed by atoms with Crippen LogP contribution in [0.25, 0.3) is 10.8 Å². The van der Waals surface area contributed by atoms with Crippen LogP contribution in [0.5, 0.6) is 0 Å². The monoisotopic (exact) mass is 541 g/mol. The van der Waals surface area contributed by atoms with E-state index in [1.807, 2.05) is 24.0 Å². The molecule has 4 nitrogen and oxygen atoms in total. The standard InChI is InChI=1S/C29H35NO3SSi.ClH/c1-35(2,3)12-11-33-19-29(28(31)32)15-22-13-23-17-30-26(21-9-10-21)14-24(23)27(25(22)16-29)34-18-20-7-5-4-6-8-20;/h4-8,13-14,17,21H,9-12,15-16,18-19H2,1-3H3,(H,31,32);1H. The Morgan fingerprint density at radius 1 is 1.17 bits per heavy atom. The Bertz CT molecular complexity index is 1240. The van der Waals surface area contributed by atoms with E-state index in [4.69, 9.17) is 9.72 Å². The number of fused-ring (bicyclic) bond motifs is 2. The average Bonchev–Trinajstić information content (AvgIpc) is 3.60. The molecule has 1 N–H and O–H groups in total. The molecule has 1 heterocycles. The van der Waals surface area contributed by atoms with E-state index in [9.17, 15) is 9.90 Å². The number of thioether (sulfide) groups is 1. The third-order valence-corrected chi connectivity index (χ3v) is 10.2. The van der Waals surface area contributed by atoms with Crippen LogP contribution in [-0.2, 0) is 28.1 Å². The van der Waals surface area contributed by atoms with E-state index in [-0.39, 0.29) is 19.0 Å². The number of ether oxygens (including phenoxy) is 1. The summed E-state index contributed by atoms with van der Waals surface area (Å²) in [5.74, 6) is 0.694. The first-order valence-electron chi connectivity index (χ1n) is 12.7. The molecular weight excluding hydrogens is 506 g/mol. The number of pyridine rings is 1. The van der Waals surface area contributed by atoms with E-state index in [1.165, 1.54) is 39.9 Å². The molecule has 0 aliphatic heterocycles. The number of hydrogen-bond acceptors (Lipinski definition) is 4. The molecule has 36 heavy (non-hydrogen) atoms. The first-order chi connectivity index (χ1) is 16.7. The fourth-order valence-electron chi connectivity index (χ4n) is 4.95. The van der Waals surface area contributed by atoms with Gasteiger partial charge in [0.05, 0.1) is 12.0 Å². The molecule has 2 aliphatic rings. The van der Waals surface area contributed by atoms with Gasteiger partial charge in [-0.25, -0.2) is 0 Å². The SMILES string of the molecule is C[Si](C)(C)CCOCC1(C(=O)O)Cc2cc3cnc(C4CC4)cc3c(SCc3ccccc3)c2C1.Cl. The van der Waals surface area contributed by atoms with Gasteiger partial charge in [-0.05, 0) is 65.9 Å². The van der Waals surface area contributed by atoms with E-state index in [0.717, 1.165) is 22.7 Å². The van der Waals surface area contributed by atoms with Crippen LogP contribution in [0.2, 0.25) is 25.7 Å². The number of nitrogens with zero attached hydrogens (tertiary/aromatic N) is 1. The smallest absolute Gasteiger partial charge is 0.312 e. The van der Waals surface area contributed by atoms with E-state index >= 15 is 0 Å². The summed E-state index contributed by atoms with van der Waals surface area (Å²) in [7, 11) is -1.23. The van der Waals surface area contributed by atoms with Crippen LogP contribution in [-0.4, -0.2) is 37.3 Å². The summed E-state index contributed by atoms with van der Waals surface area (Å²) in [6, 6.07) is 16.0. The maximum atomic E-state index is 12.6. The highest BCUT2D eigenvalue weighted by Crippen LogP contribution is 2.47. The highest BCUT2D eigenvalue weighted by molar-refractivity contribution is 7.98. The molecule has 3 aromatic rings. The van der Waals surface area contributed by atoms with Crippen LogP contribution in [0, 0.1) is 5.41 Å². The molecule has 1 saturated carbocycles. The summed E-state index contributed by atoms with van der Waals surface area (Å²) < 4.78 is 6.05. The molecule has 1 aromatic heterocycles. The predicted octanol–water partition coefficient (Wildman–Crippen LogP) is 7.35. The van der Waals surface area contributed by atoms with Crippen molar-refractivity contribution in [1.29, 1.82) is 0 Å². The maximum Gasteiger partial charge on any atom is 0.312 e. The van der Waals surface area contributed by atoms with E-state index in [2.05, 4.69) is 56.0 Å². The van der Waals surface area contributed by atoms with Crippen LogP contribution in [0.1, 0.15) is 41.1 Å². The quantitative estimate of drug-likeness (QED) is 0.165. The molecule has 1 atom stereocenters. The molecule has 0 bridgehead atoms. The molecule has 7 heteroatoms. The number of benzene rings is 2. The largest absolute Gasteiger partial charge is 0.481 e. The molecule has 0 spiro atoms. The molecule has 192 valence electrons. The van der Waals surface area contributed by atoms with Crippen LogP contribution in [0.15, 0.2) is 53.6 Å². The Morgan fingerprint density at radius 3 is 2.58 bits per heavy atom. The van der Waals surface area contributed by atoms with E-state index in [0.29, 0.717) is 25.4 Å². The van der Waals surface area contributed by atoms with Gasteiger partial charge in [0.15, 0.2) is 0 Å². The summed E-state index contributed by atoms with van der Waals surface area (Å²) >= 11 is 1.84. The average molecular weight is 542 g/mol. The van der Waals surface area contributed by atoms with Gasteiger partial charge >= 0.3 is 5.97 Å². The number of aromatic nitrogens is 1. The summed E-state index contributed by atoms with van der Waals surface area (Å²) in [4.78, 5) is 18.6. The number of hydrogen-bond donors (Lipinski definition) is 1. The van der Waals surface area contributed by atoms with Gasteiger partial charge in [0.25, 0.3) is 0 Å². The van der Waals surface area contributed by atoms with Crippen molar-refractivity contribution in [2.24, 2.45) is 5.41 Å². The second-order valence-corrected chi connectivity index (χ2v) is 18.1. The minimum Gasteiger partial charge on any atom is -0.481 e. The highest BCUT2D eigenvalue weighted by atomic mass is 35.5. The Morgan fingerprint density at radius 2 is 1.92 bits per heavy atom. The summed E-state index contributed by atoms with van der Waals surface area (Å²) in [5.41, 5.74) is 3.90. The maximum absolute atomic E-state index is 12.6. The normalized spacial score (nSPS) is 19.2. The van der Waals surface area contributed by atoms with Crippen molar-refractivity contribution < 1.29 is 14.6 Å². The molecule has 0 amide bonds. The number of carboxylic acid groups (broad SMARTS) is 1. The number of halogens is 1. The molecule has 2 aromatic carbocycles. The van der Waals surface area contributed by atoms with Gasteiger partial charge in [-0.15, -0.1) is 24.2 Å². The lowest BCUT2D eigenvalue weighted by molar-refractivity contribution is -0.152. The molecular formula is C29H36ClNO3SSi.